The van der Waals surface area contributed by atoms with Crippen LogP contribution in [0.25, 0.3) is 0 Å². The number of hydrogen-bond donors (Lipinski definition) is 0. The molecule has 0 aromatic rings. The van der Waals surface area contributed by atoms with Crippen LogP contribution in [0.15, 0.2) is 0 Å². The first-order valence-corrected chi connectivity index (χ1v) is 2.31. The SMILES string of the molecule is C[N+](=O)[O-].[CH2]CC[CH2]. The first-order valence-electron chi connectivity index (χ1n) is 2.31. The molecular formula is C5H11NO2. The summed E-state index contributed by atoms with van der Waals surface area (Å²) >= 11 is 0. The van der Waals surface area contributed by atoms with Gasteiger partial charge >= 0.3 is 0 Å². The van der Waals surface area contributed by atoms with E-state index in [0.29, 0.717) is 0 Å². The fourth-order valence-corrected chi connectivity index (χ4v) is 0. The standard InChI is InChI=1S/C4H8.CH3NO2/c1-3-4-2;1-2(3)4/h1-4H2;1H3. The van der Waals surface area contributed by atoms with Crippen LogP contribution in [0.3, 0.4) is 0 Å². The fraction of sp³-hybridized carbons (Fsp3) is 0.600. The van der Waals surface area contributed by atoms with Gasteiger partial charge in [0.15, 0.2) is 7.05 Å². The number of hydrogen-bond acceptors (Lipinski definition) is 2. The van der Waals surface area contributed by atoms with E-state index in [4.69, 9.17) is 10.1 Å². The van der Waals surface area contributed by atoms with E-state index >= 15 is 0 Å². The number of nitrogens with zero attached hydrogens (tertiary/aromatic N) is 1. The van der Waals surface area contributed by atoms with Crippen molar-refractivity contribution in [3.05, 3.63) is 24.0 Å². The highest BCUT2D eigenvalue weighted by molar-refractivity contribution is 4.38. The molecule has 0 atom stereocenters. The second-order valence-electron chi connectivity index (χ2n) is 1.15. The van der Waals surface area contributed by atoms with Crippen LogP contribution in [0.5, 0.6) is 0 Å². The van der Waals surface area contributed by atoms with Gasteiger partial charge in [0.2, 0.25) is 0 Å². The van der Waals surface area contributed by atoms with Crippen LogP contribution in [-0.4, -0.2) is 12.0 Å². The second kappa shape index (κ2) is 9.64. The molecule has 0 aromatic carbocycles. The first kappa shape index (κ1) is 10.4. The maximum Gasteiger partial charge on any atom is 0.194 e. The third-order valence-corrected chi connectivity index (χ3v) is 0.250. The molecule has 0 aliphatic heterocycles. The summed E-state index contributed by atoms with van der Waals surface area (Å²) in [4.78, 5) is 8.31. The second-order valence-corrected chi connectivity index (χ2v) is 1.15. The Balaban J connectivity index is 0. The molecule has 0 aliphatic carbocycles. The van der Waals surface area contributed by atoms with Crippen LogP contribution < -0.4 is 0 Å². The van der Waals surface area contributed by atoms with Gasteiger partial charge in [-0.25, -0.2) is 0 Å². The minimum absolute atomic E-state index is 0.500. The Morgan fingerprint density at radius 2 is 1.62 bits per heavy atom. The molecule has 0 bridgehead atoms. The Morgan fingerprint density at radius 1 is 1.50 bits per heavy atom. The number of unbranched alkanes of at least 4 members (excludes halogenated alkanes) is 1. The van der Waals surface area contributed by atoms with Crippen LogP contribution in [-0.2, 0) is 0 Å². The molecule has 0 rings (SSSR count). The third-order valence-electron chi connectivity index (χ3n) is 0.250. The molecule has 0 fully saturated rings. The summed E-state index contributed by atoms with van der Waals surface area (Å²) in [6, 6.07) is 0. The van der Waals surface area contributed by atoms with Gasteiger partial charge in [-0.3, -0.25) is 10.1 Å². The zero-order chi connectivity index (χ0) is 6.99. The maximum absolute atomic E-state index is 8.81. The Hall–Kier alpha value is -0.600. The van der Waals surface area contributed by atoms with E-state index < -0.39 is 4.92 Å². The normalized spacial score (nSPS) is 6.88. The van der Waals surface area contributed by atoms with Gasteiger partial charge in [0.25, 0.3) is 0 Å². The summed E-state index contributed by atoms with van der Waals surface area (Å²) < 4.78 is 0. The van der Waals surface area contributed by atoms with Gasteiger partial charge < -0.3 is 0 Å². The summed E-state index contributed by atoms with van der Waals surface area (Å²) in [5, 5.41) is 8.81. The Morgan fingerprint density at radius 3 is 1.62 bits per heavy atom. The van der Waals surface area contributed by atoms with Crippen molar-refractivity contribution >= 4 is 0 Å². The van der Waals surface area contributed by atoms with E-state index in [-0.39, 0.29) is 0 Å². The molecule has 3 heteroatoms. The van der Waals surface area contributed by atoms with E-state index in [1.165, 1.54) is 0 Å². The highest BCUT2D eigenvalue weighted by atomic mass is 16.6. The zero-order valence-corrected chi connectivity index (χ0v) is 5.09. The van der Waals surface area contributed by atoms with Crippen molar-refractivity contribution in [1.29, 1.82) is 0 Å². The van der Waals surface area contributed by atoms with Crippen LogP contribution in [0, 0.1) is 24.0 Å². The Labute approximate surface area is 49.9 Å². The minimum Gasteiger partial charge on any atom is -0.265 e. The maximum atomic E-state index is 8.81. The first-order chi connectivity index (χ1) is 3.65. The largest absolute Gasteiger partial charge is 0.265 e. The number of rotatable bonds is 1. The van der Waals surface area contributed by atoms with Crippen molar-refractivity contribution < 1.29 is 4.92 Å². The van der Waals surface area contributed by atoms with Crippen molar-refractivity contribution in [2.24, 2.45) is 0 Å². The lowest BCUT2D eigenvalue weighted by atomic mass is 10.4. The Bertz CT molecular complexity index is 48.4. The topological polar surface area (TPSA) is 43.1 Å². The molecule has 0 saturated heterocycles. The van der Waals surface area contributed by atoms with Gasteiger partial charge in [-0.05, 0) is 0 Å². The predicted molar refractivity (Wildman–Crippen MR) is 32.9 cm³/mol. The quantitative estimate of drug-likeness (QED) is 0.384. The van der Waals surface area contributed by atoms with Gasteiger partial charge in [0, 0.05) is 4.92 Å². The summed E-state index contributed by atoms with van der Waals surface area (Å²) in [5.41, 5.74) is 0. The van der Waals surface area contributed by atoms with E-state index in [2.05, 4.69) is 13.8 Å². The van der Waals surface area contributed by atoms with Gasteiger partial charge in [0.05, 0.1) is 0 Å². The van der Waals surface area contributed by atoms with Crippen LogP contribution in [0.2, 0.25) is 0 Å². The van der Waals surface area contributed by atoms with Gasteiger partial charge in [-0.2, -0.15) is 0 Å². The lowest BCUT2D eigenvalue weighted by Crippen LogP contribution is -1.79. The molecule has 48 valence electrons. The predicted octanol–water partition coefficient (Wildman–Crippen LogP) is 1.33. The van der Waals surface area contributed by atoms with Crippen molar-refractivity contribution in [2.75, 3.05) is 7.05 Å². The number of nitro groups is 1. The van der Waals surface area contributed by atoms with E-state index in [1.807, 2.05) is 0 Å². The molecule has 0 aromatic heterocycles. The molecule has 0 aliphatic rings. The average Bonchev–Trinajstić information content (AvgIpc) is 1.65. The lowest BCUT2D eigenvalue weighted by molar-refractivity contribution is -0.445. The highest BCUT2D eigenvalue weighted by Crippen LogP contribution is 1.75. The van der Waals surface area contributed by atoms with E-state index in [0.717, 1.165) is 19.9 Å². The highest BCUT2D eigenvalue weighted by Gasteiger charge is 1.57. The van der Waals surface area contributed by atoms with Gasteiger partial charge in [-0.1, -0.05) is 26.7 Å². The molecule has 8 heavy (non-hydrogen) atoms. The minimum atomic E-state index is -0.500. The van der Waals surface area contributed by atoms with Crippen molar-refractivity contribution in [3.63, 3.8) is 0 Å². The molecule has 0 spiro atoms. The molecule has 0 unspecified atom stereocenters. The van der Waals surface area contributed by atoms with Crippen LogP contribution in [0.1, 0.15) is 12.8 Å². The monoisotopic (exact) mass is 117 g/mol. The average molecular weight is 117 g/mol. The molecule has 0 saturated carbocycles. The summed E-state index contributed by atoms with van der Waals surface area (Å²) in [6.07, 6.45) is 1.92. The summed E-state index contributed by atoms with van der Waals surface area (Å²) in [7, 11) is 0.889. The molecule has 3 nitrogen and oxygen atoms in total. The van der Waals surface area contributed by atoms with Crippen LogP contribution >= 0.6 is 0 Å². The molecule has 0 N–H and O–H groups in total. The van der Waals surface area contributed by atoms with Gasteiger partial charge in [-0.15, -0.1) is 0 Å². The molecule has 0 amide bonds. The Kier molecular flexibility index (Phi) is 12.5. The summed E-state index contributed by atoms with van der Waals surface area (Å²) in [5.74, 6) is 0. The third kappa shape index (κ3) is 653. The van der Waals surface area contributed by atoms with Gasteiger partial charge in [0.1, 0.15) is 0 Å². The van der Waals surface area contributed by atoms with E-state index in [9.17, 15) is 0 Å². The molecule has 0 heterocycles. The fourth-order valence-electron chi connectivity index (χ4n) is 0. The van der Waals surface area contributed by atoms with Crippen LogP contribution in [0.4, 0.5) is 0 Å². The summed E-state index contributed by atoms with van der Waals surface area (Å²) in [6.45, 7) is 7.08. The van der Waals surface area contributed by atoms with Crippen molar-refractivity contribution in [1.82, 2.24) is 0 Å². The van der Waals surface area contributed by atoms with Crippen molar-refractivity contribution in [3.8, 4) is 0 Å². The van der Waals surface area contributed by atoms with E-state index in [1.54, 1.807) is 0 Å². The van der Waals surface area contributed by atoms with Crippen molar-refractivity contribution in [2.45, 2.75) is 12.8 Å². The lowest BCUT2D eigenvalue weighted by Gasteiger charge is -1.67. The smallest absolute Gasteiger partial charge is 0.194 e. The zero-order valence-electron chi connectivity index (χ0n) is 5.09. The molecular weight excluding hydrogens is 106 g/mol. The molecule has 2 radical (unpaired) electrons.